The van der Waals surface area contributed by atoms with E-state index in [-0.39, 0.29) is 6.42 Å². The van der Waals surface area contributed by atoms with Crippen molar-refractivity contribution in [2.24, 2.45) is 5.41 Å². The van der Waals surface area contributed by atoms with E-state index in [1.165, 1.54) is 62.3 Å². The highest BCUT2D eigenvalue weighted by Crippen LogP contribution is 2.42. The summed E-state index contributed by atoms with van der Waals surface area (Å²) in [5, 5.41) is 11.7. The molecule has 1 aromatic heterocycles. The minimum Gasteiger partial charge on any atom is -0.171 e. The maximum atomic E-state index is 13.6. The maximum Gasteiger partial charge on any atom is 0.394 e. The fourth-order valence-electron chi connectivity index (χ4n) is 6.28. The molecule has 1 aliphatic rings. The molecule has 0 atom stereocenters. The van der Waals surface area contributed by atoms with Crippen molar-refractivity contribution in [2.75, 3.05) is 0 Å². The third kappa shape index (κ3) is 5.46. The molecule has 1 fully saturated rings. The van der Waals surface area contributed by atoms with E-state index < -0.39 is 11.6 Å². The number of aromatic nitrogens is 2. The molecular formula is C34H37F3N2. The van der Waals surface area contributed by atoms with E-state index in [0.29, 0.717) is 11.5 Å². The first-order valence-electron chi connectivity index (χ1n) is 14.0. The number of benzene rings is 3. The quantitative estimate of drug-likeness (QED) is 0.257. The Labute approximate surface area is 229 Å². The summed E-state index contributed by atoms with van der Waals surface area (Å²) in [5.41, 5.74) is 6.88. The van der Waals surface area contributed by atoms with Gasteiger partial charge < -0.3 is 0 Å². The Kier molecular flexibility index (Phi) is 7.30. The Morgan fingerprint density at radius 2 is 1.49 bits per heavy atom. The second kappa shape index (κ2) is 10.4. The minimum atomic E-state index is -4.26. The Hall–Kier alpha value is -3.21. The van der Waals surface area contributed by atoms with Crippen LogP contribution in [0, 0.1) is 26.2 Å². The first-order valence-corrected chi connectivity index (χ1v) is 14.0. The van der Waals surface area contributed by atoms with Gasteiger partial charge in [0.15, 0.2) is 0 Å². The molecule has 1 heterocycles. The summed E-state index contributed by atoms with van der Waals surface area (Å²) in [5.74, 6) is 0.555. The Morgan fingerprint density at radius 3 is 2.15 bits per heavy atom. The number of alkyl halides is 3. The highest BCUT2D eigenvalue weighted by molar-refractivity contribution is 5.91. The van der Waals surface area contributed by atoms with Crippen molar-refractivity contribution in [3.05, 3.63) is 82.5 Å². The van der Waals surface area contributed by atoms with Gasteiger partial charge in [0, 0.05) is 11.1 Å². The highest BCUT2D eigenvalue weighted by Gasteiger charge is 2.47. The van der Waals surface area contributed by atoms with Crippen LogP contribution >= 0.6 is 0 Å². The van der Waals surface area contributed by atoms with Gasteiger partial charge in [-0.05, 0) is 103 Å². The van der Waals surface area contributed by atoms with Gasteiger partial charge in [0.25, 0.3) is 0 Å². The maximum absolute atomic E-state index is 13.6. The topological polar surface area (TPSA) is 25.8 Å². The van der Waals surface area contributed by atoms with Crippen LogP contribution in [-0.4, -0.2) is 16.4 Å². The van der Waals surface area contributed by atoms with Crippen LogP contribution in [0.25, 0.3) is 33.2 Å². The van der Waals surface area contributed by atoms with Crippen molar-refractivity contribution in [2.45, 2.75) is 85.2 Å². The highest BCUT2D eigenvalue weighted by atomic mass is 19.4. The van der Waals surface area contributed by atoms with Crippen LogP contribution in [0.5, 0.6) is 0 Å². The molecule has 0 unspecified atom stereocenters. The van der Waals surface area contributed by atoms with E-state index in [0.717, 1.165) is 39.2 Å². The van der Waals surface area contributed by atoms with Gasteiger partial charge in [0.1, 0.15) is 0 Å². The molecule has 0 N–H and O–H groups in total. The van der Waals surface area contributed by atoms with E-state index >= 15 is 0 Å². The predicted octanol–water partition coefficient (Wildman–Crippen LogP) is 10.1. The van der Waals surface area contributed by atoms with Crippen LogP contribution in [0.3, 0.4) is 0 Å². The van der Waals surface area contributed by atoms with E-state index in [2.05, 4.69) is 52.7 Å². The molecule has 1 aliphatic carbocycles. The molecule has 3 aromatic carbocycles. The standard InChI is InChI=1S/C34H37F3N2/c1-21-15-24(20-33(4,5)34(35,36)37)16-22(2)32(21)29-19-31(39-38-23(29)3)27-17-26-13-9-10-14-28(26)30(18-27)25-11-7-6-8-12-25/h9-10,13-19,25H,6-8,11-12,20H2,1-5H3. The summed E-state index contributed by atoms with van der Waals surface area (Å²) in [6, 6.07) is 19.0. The number of rotatable bonds is 5. The third-order valence-electron chi connectivity index (χ3n) is 8.49. The lowest BCUT2D eigenvalue weighted by Gasteiger charge is -2.28. The zero-order valence-corrected chi connectivity index (χ0v) is 23.5. The van der Waals surface area contributed by atoms with Gasteiger partial charge >= 0.3 is 6.18 Å². The number of hydrogen-bond acceptors (Lipinski definition) is 2. The normalized spacial score (nSPS) is 15.2. The Balaban J connectivity index is 1.57. The first kappa shape index (κ1) is 27.4. The molecule has 4 aromatic rings. The molecule has 39 heavy (non-hydrogen) atoms. The van der Waals surface area contributed by atoms with Gasteiger partial charge in [0.2, 0.25) is 0 Å². The zero-order chi connectivity index (χ0) is 27.9. The summed E-state index contributed by atoms with van der Waals surface area (Å²) in [7, 11) is 0. The van der Waals surface area contributed by atoms with Crippen LogP contribution < -0.4 is 0 Å². The summed E-state index contributed by atoms with van der Waals surface area (Å²) in [4.78, 5) is 0. The monoisotopic (exact) mass is 530 g/mol. The first-order chi connectivity index (χ1) is 18.4. The molecule has 0 radical (unpaired) electrons. The average Bonchev–Trinajstić information content (AvgIpc) is 2.88. The number of hydrogen-bond donors (Lipinski definition) is 0. The van der Waals surface area contributed by atoms with Crippen LogP contribution in [0.2, 0.25) is 0 Å². The Morgan fingerprint density at radius 1 is 0.821 bits per heavy atom. The van der Waals surface area contributed by atoms with Gasteiger partial charge in [-0.3, -0.25) is 0 Å². The molecule has 0 bridgehead atoms. The van der Waals surface area contributed by atoms with Crippen molar-refractivity contribution in [3.8, 4) is 22.4 Å². The lowest BCUT2D eigenvalue weighted by molar-refractivity contribution is -0.211. The smallest absolute Gasteiger partial charge is 0.171 e. The Bertz CT molecular complexity index is 1490. The second-order valence-corrected chi connectivity index (χ2v) is 12.0. The zero-order valence-electron chi connectivity index (χ0n) is 23.5. The molecule has 0 amide bonds. The van der Waals surface area contributed by atoms with Gasteiger partial charge in [-0.2, -0.15) is 23.4 Å². The fourth-order valence-corrected chi connectivity index (χ4v) is 6.28. The molecule has 0 aliphatic heterocycles. The molecular weight excluding hydrogens is 493 g/mol. The van der Waals surface area contributed by atoms with Gasteiger partial charge in [0.05, 0.1) is 16.8 Å². The van der Waals surface area contributed by atoms with Crippen LogP contribution in [0.4, 0.5) is 13.2 Å². The van der Waals surface area contributed by atoms with Gasteiger partial charge in [-0.15, -0.1) is 0 Å². The van der Waals surface area contributed by atoms with Crippen LogP contribution in [0.1, 0.15) is 79.8 Å². The van der Waals surface area contributed by atoms with E-state index in [1.807, 2.05) is 32.9 Å². The summed E-state index contributed by atoms with van der Waals surface area (Å²) in [6.07, 6.45) is 1.97. The predicted molar refractivity (Wildman–Crippen MR) is 154 cm³/mol. The average molecular weight is 531 g/mol. The summed E-state index contributed by atoms with van der Waals surface area (Å²) < 4.78 is 40.7. The van der Waals surface area contributed by atoms with Crippen molar-refractivity contribution in [3.63, 3.8) is 0 Å². The van der Waals surface area contributed by atoms with Crippen molar-refractivity contribution in [1.29, 1.82) is 0 Å². The summed E-state index contributed by atoms with van der Waals surface area (Å²) in [6.45, 7) is 8.42. The van der Waals surface area contributed by atoms with E-state index in [1.54, 1.807) is 0 Å². The minimum absolute atomic E-state index is 0.0572. The fraction of sp³-hybridized carbons (Fsp3) is 0.412. The van der Waals surface area contributed by atoms with Crippen molar-refractivity contribution in [1.82, 2.24) is 10.2 Å². The van der Waals surface area contributed by atoms with Crippen molar-refractivity contribution >= 4 is 10.8 Å². The number of nitrogens with zero attached hydrogens (tertiary/aromatic N) is 2. The van der Waals surface area contributed by atoms with Crippen LogP contribution in [-0.2, 0) is 6.42 Å². The molecule has 1 saturated carbocycles. The molecule has 204 valence electrons. The largest absolute Gasteiger partial charge is 0.394 e. The lowest BCUT2D eigenvalue weighted by atomic mass is 9.81. The molecule has 5 heteroatoms. The van der Waals surface area contributed by atoms with E-state index in [4.69, 9.17) is 0 Å². The molecule has 0 spiro atoms. The van der Waals surface area contributed by atoms with Crippen LogP contribution in [0.15, 0.2) is 54.6 Å². The lowest BCUT2D eigenvalue weighted by Crippen LogP contribution is -2.34. The van der Waals surface area contributed by atoms with Crippen molar-refractivity contribution < 1.29 is 13.2 Å². The molecule has 5 rings (SSSR count). The van der Waals surface area contributed by atoms with Gasteiger partial charge in [-0.1, -0.05) is 69.5 Å². The van der Waals surface area contributed by atoms with Gasteiger partial charge in [-0.25, -0.2) is 0 Å². The number of halogens is 3. The number of aryl methyl sites for hydroxylation is 3. The summed E-state index contributed by atoms with van der Waals surface area (Å²) >= 11 is 0. The molecule has 0 saturated heterocycles. The van der Waals surface area contributed by atoms with E-state index in [9.17, 15) is 13.2 Å². The third-order valence-corrected chi connectivity index (χ3v) is 8.49. The SMILES string of the molecule is Cc1cc(CC(C)(C)C(F)(F)F)cc(C)c1-c1cc(-c2cc(C3CCCCC3)c3ccccc3c2)nnc1C. The molecule has 2 nitrogen and oxygen atoms in total. The second-order valence-electron chi connectivity index (χ2n) is 12.0. The number of fused-ring (bicyclic) bond motifs is 1.